The molecule has 1 saturated heterocycles. The number of carbonyl (C=O) groups excluding carboxylic acids is 1. The summed E-state index contributed by atoms with van der Waals surface area (Å²) in [6.07, 6.45) is 3.61. The van der Waals surface area contributed by atoms with E-state index in [1.165, 1.54) is 6.26 Å². The molecule has 2 atom stereocenters. The molecule has 1 fully saturated rings. The normalized spacial score (nSPS) is 19.9. The van der Waals surface area contributed by atoms with Gasteiger partial charge in [-0.05, 0) is 31.7 Å². The second-order valence-corrected chi connectivity index (χ2v) is 8.29. The van der Waals surface area contributed by atoms with E-state index >= 15 is 0 Å². The van der Waals surface area contributed by atoms with Gasteiger partial charge in [0.25, 0.3) is 0 Å². The molecule has 6 heteroatoms. The number of rotatable bonds is 5. The molecule has 0 aromatic heterocycles. The molecule has 0 radical (unpaired) electrons. The molecule has 1 N–H and O–H groups in total. The van der Waals surface area contributed by atoms with E-state index in [9.17, 15) is 13.2 Å². The van der Waals surface area contributed by atoms with E-state index in [0.717, 1.165) is 24.9 Å². The van der Waals surface area contributed by atoms with Crippen LogP contribution >= 0.6 is 0 Å². The highest BCUT2D eigenvalue weighted by Crippen LogP contribution is 2.31. The Morgan fingerprint density at radius 1 is 1.36 bits per heavy atom. The van der Waals surface area contributed by atoms with Crippen molar-refractivity contribution in [1.29, 1.82) is 0 Å². The zero-order valence-corrected chi connectivity index (χ0v) is 14.0. The van der Waals surface area contributed by atoms with E-state index in [1.807, 2.05) is 42.2 Å². The highest BCUT2D eigenvalue weighted by atomic mass is 32.2. The summed E-state index contributed by atoms with van der Waals surface area (Å²) in [6.45, 7) is 2.58. The van der Waals surface area contributed by atoms with Crippen LogP contribution in [0, 0.1) is 0 Å². The number of hydrogen-bond donors (Lipinski definition) is 1. The average Bonchev–Trinajstić information content (AvgIpc) is 2.95. The van der Waals surface area contributed by atoms with Crippen LogP contribution in [0.25, 0.3) is 0 Å². The fourth-order valence-electron chi connectivity index (χ4n) is 2.79. The second-order valence-electron chi connectivity index (χ2n) is 6.03. The third-order valence-corrected chi connectivity index (χ3v) is 4.97. The molecular weight excluding hydrogens is 300 g/mol. The molecule has 0 unspecified atom stereocenters. The summed E-state index contributed by atoms with van der Waals surface area (Å²) in [5.41, 5.74) is 1.15. The fourth-order valence-corrected chi connectivity index (χ4v) is 3.57. The van der Waals surface area contributed by atoms with Crippen molar-refractivity contribution in [2.75, 3.05) is 18.6 Å². The number of urea groups is 1. The molecule has 1 aromatic carbocycles. The van der Waals surface area contributed by atoms with Crippen molar-refractivity contribution in [3.8, 4) is 0 Å². The Balaban J connectivity index is 1.94. The van der Waals surface area contributed by atoms with Gasteiger partial charge in [-0.3, -0.25) is 0 Å². The van der Waals surface area contributed by atoms with Gasteiger partial charge in [0.15, 0.2) is 0 Å². The fraction of sp³-hybridized carbons (Fsp3) is 0.562. The average molecular weight is 324 g/mol. The van der Waals surface area contributed by atoms with Gasteiger partial charge < -0.3 is 10.2 Å². The van der Waals surface area contributed by atoms with E-state index in [0.29, 0.717) is 6.42 Å². The van der Waals surface area contributed by atoms with Crippen molar-refractivity contribution >= 4 is 15.9 Å². The van der Waals surface area contributed by atoms with Gasteiger partial charge in [-0.1, -0.05) is 30.3 Å². The maximum atomic E-state index is 12.4. The van der Waals surface area contributed by atoms with Crippen LogP contribution in [0.2, 0.25) is 0 Å². The molecule has 1 heterocycles. The summed E-state index contributed by atoms with van der Waals surface area (Å²) in [7, 11) is -2.99. The summed E-state index contributed by atoms with van der Waals surface area (Å²) in [6, 6.07) is 9.88. The number of likely N-dealkylation sites (tertiary alicyclic amines) is 1. The van der Waals surface area contributed by atoms with Gasteiger partial charge in [0.2, 0.25) is 0 Å². The lowest BCUT2D eigenvalue weighted by molar-refractivity contribution is 0.189. The van der Waals surface area contributed by atoms with Gasteiger partial charge in [0.1, 0.15) is 9.84 Å². The van der Waals surface area contributed by atoms with Gasteiger partial charge in [0, 0.05) is 18.8 Å². The highest BCUT2D eigenvalue weighted by Gasteiger charge is 2.30. The predicted molar refractivity (Wildman–Crippen MR) is 87.4 cm³/mol. The summed E-state index contributed by atoms with van der Waals surface area (Å²) in [5, 5.41) is 2.92. The molecule has 0 bridgehead atoms. The van der Waals surface area contributed by atoms with Gasteiger partial charge in [-0.25, -0.2) is 13.2 Å². The van der Waals surface area contributed by atoms with E-state index in [-0.39, 0.29) is 23.9 Å². The van der Waals surface area contributed by atoms with Gasteiger partial charge >= 0.3 is 6.03 Å². The molecular formula is C16H24N2O3S. The molecule has 1 aromatic rings. The molecule has 2 rings (SSSR count). The van der Waals surface area contributed by atoms with E-state index in [1.54, 1.807) is 0 Å². The van der Waals surface area contributed by atoms with E-state index < -0.39 is 9.84 Å². The third kappa shape index (κ3) is 4.73. The van der Waals surface area contributed by atoms with Crippen LogP contribution < -0.4 is 5.32 Å². The minimum Gasteiger partial charge on any atom is -0.335 e. The van der Waals surface area contributed by atoms with Crippen LogP contribution in [0.1, 0.15) is 37.8 Å². The zero-order chi connectivity index (χ0) is 16.2. The summed E-state index contributed by atoms with van der Waals surface area (Å²) >= 11 is 0. The summed E-state index contributed by atoms with van der Waals surface area (Å²) < 4.78 is 22.4. The topological polar surface area (TPSA) is 66.5 Å². The number of sulfone groups is 1. The Bertz CT molecular complexity index is 601. The summed E-state index contributed by atoms with van der Waals surface area (Å²) in [5.74, 6) is 0.0938. The predicted octanol–water partition coefficient (Wildman–Crippen LogP) is 2.36. The number of nitrogens with zero attached hydrogens (tertiary/aromatic N) is 1. The van der Waals surface area contributed by atoms with Gasteiger partial charge in [0.05, 0.1) is 11.8 Å². The number of benzene rings is 1. The van der Waals surface area contributed by atoms with Crippen molar-refractivity contribution in [1.82, 2.24) is 10.2 Å². The SMILES string of the molecule is C[C@H](CCS(C)(=O)=O)NC(=O)N1CCC[C@@H]1c1ccccc1. The smallest absolute Gasteiger partial charge is 0.318 e. The Hall–Kier alpha value is -1.56. The first-order valence-electron chi connectivity index (χ1n) is 7.66. The van der Waals surface area contributed by atoms with Gasteiger partial charge in [-0.15, -0.1) is 0 Å². The first-order valence-corrected chi connectivity index (χ1v) is 9.72. The molecule has 0 saturated carbocycles. The zero-order valence-electron chi connectivity index (χ0n) is 13.2. The molecule has 0 aliphatic carbocycles. The molecule has 1 aliphatic rings. The maximum Gasteiger partial charge on any atom is 0.318 e. The lowest BCUT2D eigenvalue weighted by Gasteiger charge is -2.27. The Labute approximate surface area is 132 Å². The highest BCUT2D eigenvalue weighted by molar-refractivity contribution is 7.90. The number of hydrogen-bond acceptors (Lipinski definition) is 3. The van der Waals surface area contributed by atoms with Crippen LogP contribution in [0.5, 0.6) is 0 Å². The first-order chi connectivity index (χ1) is 10.4. The van der Waals surface area contributed by atoms with Crippen molar-refractivity contribution in [3.63, 3.8) is 0 Å². The lowest BCUT2D eigenvalue weighted by Crippen LogP contribution is -2.44. The maximum absolute atomic E-state index is 12.4. The Morgan fingerprint density at radius 3 is 2.68 bits per heavy atom. The quantitative estimate of drug-likeness (QED) is 0.904. The van der Waals surface area contributed by atoms with E-state index in [4.69, 9.17) is 0 Å². The second kappa shape index (κ2) is 7.13. The lowest BCUT2D eigenvalue weighted by atomic mass is 10.1. The third-order valence-electron chi connectivity index (χ3n) is 3.99. The molecule has 122 valence electrons. The van der Waals surface area contributed by atoms with Crippen LogP contribution in [0.4, 0.5) is 4.79 Å². The summed E-state index contributed by atoms with van der Waals surface area (Å²) in [4.78, 5) is 14.3. The van der Waals surface area contributed by atoms with Crippen LogP contribution in [0.15, 0.2) is 30.3 Å². The van der Waals surface area contributed by atoms with Crippen molar-refractivity contribution in [2.24, 2.45) is 0 Å². The van der Waals surface area contributed by atoms with E-state index in [2.05, 4.69) is 5.32 Å². The van der Waals surface area contributed by atoms with Gasteiger partial charge in [-0.2, -0.15) is 0 Å². The van der Waals surface area contributed by atoms with Crippen molar-refractivity contribution in [3.05, 3.63) is 35.9 Å². The monoisotopic (exact) mass is 324 g/mol. The minimum atomic E-state index is -2.99. The Morgan fingerprint density at radius 2 is 2.05 bits per heavy atom. The van der Waals surface area contributed by atoms with Crippen molar-refractivity contribution in [2.45, 2.75) is 38.3 Å². The number of amides is 2. The minimum absolute atomic E-state index is 0.0938. The van der Waals surface area contributed by atoms with Crippen molar-refractivity contribution < 1.29 is 13.2 Å². The van der Waals surface area contributed by atoms with Crippen LogP contribution in [-0.2, 0) is 9.84 Å². The van der Waals surface area contributed by atoms with Crippen LogP contribution in [-0.4, -0.2) is 43.9 Å². The first kappa shape index (κ1) is 16.8. The molecule has 1 aliphatic heterocycles. The molecule has 2 amide bonds. The molecule has 0 spiro atoms. The molecule has 22 heavy (non-hydrogen) atoms. The largest absolute Gasteiger partial charge is 0.335 e. The molecule has 5 nitrogen and oxygen atoms in total. The number of carbonyl (C=O) groups is 1. The van der Waals surface area contributed by atoms with Crippen LogP contribution in [0.3, 0.4) is 0 Å². The standard InChI is InChI=1S/C16H24N2O3S/c1-13(10-12-22(2,20)21)17-16(19)18-11-6-9-15(18)14-7-4-3-5-8-14/h3-5,7-8,13,15H,6,9-12H2,1-2H3,(H,17,19)/t13-,15-/m1/s1. The Kier molecular flexibility index (Phi) is 5.45. The number of nitrogens with one attached hydrogen (secondary N) is 1.